The number of hydrogen-bond donors (Lipinski definition) is 0. The lowest BCUT2D eigenvalue weighted by atomic mass is 10.1. The molecule has 1 aliphatic heterocycles. The fourth-order valence-electron chi connectivity index (χ4n) is 2.15. The van der Waals surface area contributed by atoms with Crippen LogP contribution >= 0.6 is 23.2 Å². The molecule has 0 radical (unpaired) electrons. The molecular weight excluding hydrogens is 329 g/mol. The summed E-state index contributed by atoms with van der Waals surface area (Å²) in [6.45, 7) is 0.895. The molecule has 120 valence electrons. The van der Waals surface area contributed by atoms with Gasteiger partial charge in [0.2, 0.25) is 0 Å². The van der Waals surface area contributed by atoms with Crippen molar-refractivity contribution >= 4 is 35.1 Å². The van der Waals surface area contributed by atoms with Crippen LogP contribution in [0.1, 0.15) is 19.3 Å². The fourth-order valence-corrected chi connectivity index (χ4v) is 2.61. The minimum Gasteiger partial charge on any atom is -0.480 e. The summed E-state index contributed by atoms with van der Waals surface area (Å²) in [6, 6.07) is 4.69. The van der Waals surface area contributed by atoms with Gasteiger partial charge >= 0.3 is 5.97 Å². The van der Waals surface area contributed by atoms with Crippen molar-refractivity contribution in [3.05, 3.63) is 28.2 Å². The van der Waals surface area contributed by atoms with E-state index in [1.54, 1.807) is 17.0 Å². The van der Waals surface area contributed by atoms with E-state index in [1.807, 2.05) is 0 Å². The van der Waals surface area contributed by atoms with Gasteiger partial charge in [0, 0.05) is 18.1 Å². The zero-order chi connectivity index (χ0) is 15.9. The molecule has 0 spiro atoms. The topological polar surface area (TPSA) is 55.8 Å². The van der Waals surface area contributed by atoms with Crippen LogP contribution in [-0.4, -0.2) is 43.1 Å². The van der Waals surface area contributed by atoms with E-state index in [0.717, 1.165) is 32.4 Å². The number of halogens is 2. The number of piperidine rings is 1. The molecule has 1 aromatic rings. The molecule has 0 N–H and O–H groups in total. The van der Waals surface area contributed by atoms with E-state index in [0.29, 0.717) is 15.8 Å². The standard InChI is InChI=1S/C15H17Cl2NO4/c16-11-4-5-13(12(17)8-11)21-10-15(20)22-9-14(19)18-6-2-1-3-7-18/h4-5,8H,1-3,6-7,9-10H2. The highest BCUT2D eigenvalue weighted by Crippen LogP contribution is 2.27. The molecule has 1 aromatic carbocycles. The lowest BCUT2D eigenvalue weighted by Crippen LogP contribution is -2.38. The summed E-state index contributed by atoms with van der Waals surface area (Å²) >= 11 is 11.7. The van der Waals surface area contributed by atoms with Crippen LogP contribution in [0.4, 0.5) is 0 Å². The number of benzene rings is 1. The summed E-state index contributed by atoms with van der Waals surface area (Å²) in [5.41, 5.74) is 0. The average molecular weight is 346 g/mol. The Hall–Kier alpha value is -1.46. The zero-order valence-electron chi connectivity index (χ0n) is 12.0. The Bertz CT molecular complexity index is 544. The van der Waals surface area contributed by atoms with Crippen LogP contribution in [0, 0.1) is 0 Å². The summed E-state index contributed by atoms with van der Waals surface area (Å²) in [6.07, 6.45) is 3.13. The predicted octanol–water partition coefficient (Wildman–Crippen LogP) is 2.93. The van der Waals surface area contributed by atoms with Gasteiger partial charge in [-0.3, -0.25) is 4.79 Å². The van der Waals surface area contributed by atoms with E-state index in [4.69, 9.17) is 32.7 Å². The van der Waals surface area contributed by atoms with Crippen molar-refractivity contribution in [2.75, 3.05) is 26.3 Å². The van der Waals surface area contributed by atoms with E-state index >= 15 is 0 Å². The highest BCUT2D eigenvalue weighted by Gasteiger charge is 2.18. The van der Waals surface area contributed by atoms with E-state index in [9.17, 15) is 9.59 Å². The number of likely N-dealkylation sites (tertiary alicyclic amines) is 1. The van der Waals surface area contributed by atoms with Crippen molar-refractivity contribution < 1.29 is 19.1 Å². The van der Waals surface area contributed by atoms with Gasteiger partial charge in [-0.05, 0) is 37.5 Å². The van der Waals surface area contributed by atoms with Crippen molar-refractivity contribution in [3.8, 4) is 5.75 Å². The molecule has 1 heterocycles. The molecule has 0 bridgehead atoms. The highest BCUT2D eigenvalue weighted by molar-refractivity contribution is 6.35. The summed E-state index contributed by atoms with van der Waals surface area (Å²) in [5.74, 6) is -0.445. The number of carbonyl (C=O) groups excluding carboxylic acids is 2. The van der Waals surface area contributed by atoms with Gasteiger partial charge in [-0.2, -0.15) is 0 Å². The maximum atomic E-state index is 11.8. The number of nitrogens with zero attached hydrogens (tertiary/aromatic N) is 1. The van der Waals surface area contributed by atoms with Crippen molar-refractivity contribution in [1.29, 1.82) is 0 Å². The molecular formula is C15H17Cl2NO4. The first-order chi connectivity index (χ1) is 10.6. The third-order valence-corrected chi connectivity index (χ3v) is 3.84. The van der Waals surface area contributed by atoms with Gasteiger partial charge in [0.05, 0.1) is 5.02 Å². The van der Waals surface area contributed by atoms with Gasteiger partial charge in [-0.25, -0.2) is 4.79 Å². The summed E-state index contributed by atoms with van der Waals surface area (Å²) in [4.78, 5) is 25.2. The molecule has 0 atom stereocenters. The van der Waals surface area contributed by atoms with E-state index in [2.05, 4.69) is 0 Å². The Labute approximate surface area is 139 Å². The number of esters is 1. The molecule has 1 amide bonds. The molecule has 1 aliphatic rings. The molecule has 1 fully saturated rings. The van der Waals surface area contributed by atoms with Gasteiger partial charge < -0.3 is 14.4 Å². The van der Waals surface area contributed by atoms with Gasteiger partial charge in [0.25, 0.3) is 5.91 Å². The van der Waals surface area contributed by atoms with E-state index in [1.165, 1.54) is 6.07 Å². The van der Waals surface area contributed by atoms with Crippen molar-refractivity contribution in [2.45, 2.75) is 19.3 Å². The van der Waals surface area contributed by atoms with Crippen LogP contribution in [0.25, 0.3) is 0 Å². The Kier molecular flexibility index (Phi) is 6.34. The molecule has 1 saturated heterocycles. The molecule has 2 rings (SSSR count). The second-order valence-corrected chi connectivity index (χ2v) is 5.81. The maximum Gasteiger partial charge on any atom is 0.344 e. The number of amides is 1. The number of rotatable bonds is 5. The van der Waals surface area contributed by atoms with Crippen molar-refractivity contribution in [2.24, 2.45) is 0 Å². The first-order valence-electron chi connectivity index (χ1n) is 7.07. The first kappa shape index (κ1) is 16.9. The Morgan fingerprint density at radius 3 is 2.50 bits per heavy atom. The highest BCUT2D eigenvalue weighted by atomic mass is 35.5. The third kappa shape index (κ3) is 5.07. The smallest absolute Gasteiger partial charge is 0.344 e. The van der Waals surface area contributed by atoms with E-state index < -0.39 is 5.97 Å². The molecule has 0 aromatic heterocycles. The van der Waals surface area contributed by atoms with Gasteiger partial charge in [0.15, 0.2) is 13.2 Å². The summed E-state index contributed by atoms with van der Waals surface area (Å²) in [7, 11) is 0. The van der Waals surface area contributed by atoms with Crippen LogP contribution < -0.4 is 4.74 Å². The second kappa shape index (κ2) is 8.25. The Morgan fingerprint density at radius 1 is 1.09 bits per heavy atom. The van der Waals surface area contributed by atoms with Crippen molar-refractivity contribution in [3.63, 3.8) is 0 Å². The van der Waals surface area contributed by atoms with Crippen LogP contribution in [0.3, 0.4) is 0 Å². The SMILES string of the molecule is O=C(COc1ccc(Cl)cc1Cl)OCC(=O)N1CCCCC1. The minimum absolute atomic E-state index is 0.169. The molecule has 7 heteroatoms. The lowest BCUT2D eigenvalue weighted by molar-refractivity contribution is -0.154. The number of carbonyl (C=O) groups is 2. The Balaban J connectivity index is 1.72. The maximum absolute atomic E-state index is 11.8. The van der Waals surface area contributed by atoms with Crippen LogP contribution in [0.15, 0.2) is 18.2 Å². The monoisotopic (exact) mass is 345 g/mol. The second-order valence-electron chi connectivity index (χ2n) is 4.97. The Morgan fingerprint density at radius 2 is 1.82 bits per heavy atom. The van der Waals surface area contributed by atoms with Crippen LogP contribution in [0.2, 0.25) is 10.0 Å². The largest absolute Gasteiger partial charge is 0.480 e. The lowest BCUT2D eigenvalue weighted by Gasteiger charge is -2.26. The van der Waals surface area contributed by atoms with Crippen LogP contribution in [0.5, 0.6) is 5.75 Å². The summed E-state index contributed by atoms with van der Waals surface area (Å²) in [5, 5.41) is 0.789. The third-order valence-electron chi connectivity index (χ3n) is 3.30. The molecule has 0 aliphatic carbocycles. The number of hydrogen-bond acceptors (Lipinski definition) is 4. The normalized spacial score (nSPS) is 14.5. The average Bonchev–Trinajstić information content (AvgIpc) is 2.52. The predicted molar refractivity (Wildman–Crippen MR) is 83.3 cm³/mol. The first-order valence-corrected chi connectivity index (χ1v) is 7.83. The van der Waals surface area contributed by atoms with Crippen molar-refractivity contribution in [1.82, 2.24) is 4.90 Å². The van der Waals surface area contributed by atoms with Gasteiger partial charge in [-0.15, -0.1) is 0 Å². The molecule has 0 unspecified atom stereocenters. The zero-order valence-corrected chi connectivity index (χ0v) is 13.5. The minimum atomic E-state index is -0.614. The quantitative estimate of drug-likeness (QED) is 0.770. The van der Waals surface area contributed by atoms with Gasteiger partial charge in [-0.1, -0.05) is 23.2 Å². The van der Waals surface area contributed by atoms with E-state index in [-0.39, 0.29) is 19.1 Å². The summed E-state index contributed by atoms with van der Waals surface area (Å²) < 4.78 is 10.2. The fraction of sp³-hybridized carbons (Fsp3) is 0.467. The van der Waals surface area contributed by atoms with Gasteiger partial charge in [0.1, 0.15) is 5.75 Å². The molecule has 22 heavy (non-hydrogen) atoms. The molecule has 5 nitrogen and oxygen atoms in total. The molecule has 0 saturated carbocycles. The van der Waals surface area contributed by atoms with Crippen LogP contribution in [-0.2, 0) is 14.3 Å². The number of ether oxygens (including phenoxy) is 2.